The number of hydrogen-bond acceptors (Lipinski definition) is 3. The molecule has 1 aliphatic rings. The number of aromatic amines is 1. The number of nitrogens with one attached hydrogen (secondary N) is 2. The number of fused-ring (bicyclic) bond motifs is 1. The Morgan fingerprint density at radius 3 is 2.89 bits per heavy atom. The van der Waals surface area contributed by atoms with Crippen molar-refractivity contribution in [1.29, 1.82) is 0 Å². The highest BCUT2D eigenvalue weighted by atomic mass is 15.2. The lowest BCUT2D eigenvalue weighted by molar-refractivity contribution is 0.208. The highest BCUT2D eigenvalue weighted by Crippen LogP contribution is 2.22. The maximum Gasteiger partial charge on any atom is 0.0651 e. The second-order valence-corrected chi connectivity index (χ2v) is 7.94. The molecule has 2 aromatic carbocycles. The van der Waals surface area contributed by atoms with E-state index in [4.69, 9.17) is 0 Å². The highest BCUT2D eigenvalue weighted by molar-refractivity contribution is 5.81. The Bertz CT molecular complexity index is 867. The standard InChI is InChI=1S/C23H30N4/c1-3-17(2)19-8-6-18(7-9-19)15-27-12-4-5-22(16-27)25-21-10-11-23-20(13-21)14-24-26-23/h6-11,13-14,17,22,25H,3-5,12,15-16H2,1-2H3,(H,24,26). The number of aromatic nitrogens is 2. The van der Waals surface area contributed by atoms with Crippen LogP contribution in [0.4, 0.5) is 5.69 Å². The summed E-state index contributed by atoms with van der Waals surface area (Å²) in [5.74, 6) is 0.648. The van der Waals surface area contributed by atoms with Gasteiger partial charge in [-0.2, -0.15) is 5.10 Å². The Morgan fingerprint density at radius 2 is 2.07 bits per heavy atom. The normalized spacial score (nSPS) is 19.3. The maximum absolute atomic E-state index is 4.11. The fourth-order valence-electron chi connectivity index (χ4n) is 4.03. The lowest BCUT2D eigenvalue weighted by atomic mass is 9.97. The van der Waals surface area contributed by atoms with Gasteiger partial charge in [0.1, 0.15) is 0 Å². The van der Waals surface area contributed by atoms with E-state index in [-0.39, 0.29) is 0 Å². The van der Waals surface area contributed by atoms with Gasteiger partial charge >= 0.3 is 0 Å². The predicted molar refractivity (Wildman–Crippen MR) is 113 cm³/mol. The van der Waals surface area contributed by atoms with Gasteiger partial charge in [0.25, 0.3) is 0 Å². The summed E-state index contributed by atoms with van der Waals surface area (Å²) >= 11 is 0. The molecule has 0 saturated carbocycles. The zero-order valence-corrected chi connectivity index (χ0v) is 16.4. The summed E-state index contributed by atoms with van der Waals surface area (Å²) in [4.78, 5) is 2.58. The van der Waals surface area contributed by atoms with Crippen molar-refractivity contribution >= 4 is 16.6 Å². The van der Waals surface area contributed by atoms with E-state index in [1.54, 1.807) is 0 Å². The van der Waals surface area contributed by atoms with Gasteiger partial charge in [0.05, 0.1) is 11.7 Å². The molecule has 0 amide bonds. The van der Waals surface area contributed by atoms with Gasteiger partial charge in [-0.3, -0.25) is 10.00 Å². The van der Waals surface area contributed by atoms with Crippen LogP contribution in [-0.2, 0) is 6.54 Å². The van der Waals surface area contributed by atoms with Gasteiger partial charge < -0.3 is 5.32 Å². The molecular formula is C23H30N4. The number of rotatable bonds is 6. The Balaban J connectivity index is 1.36. The largest absolute Gasteiger partial charge is 0.381 e. The zero-order chi connectivity index (χ0) is 18.6. The first-order valence-electron chi connectivity index (χ1n) is 10.2. The third-order valence-corrected chi connectivity index (χ3v) is 5.88. The van der Waals surface area contributed by atoms with E-state index in [1.807, 2.05) is 6.20 Å². The first-order valence-corrected chi connectivity index (χ1v) is 10.2. The minimum absolute atomic E-state index is 0.502. The molecule has 142 valence electrons. The van der Waals surface area contributed by atoms with Gasteiger partial charge in [0.2, 0.25) is 0 Å². The molecule has 4 nitrogen and oxygen atoms in total. The summed E-state index contributed by atoms with van der Waals surface area (Å²) in [7, 11) is 0. The summed E-state index contributed by atoms with van der Waals surface area (Å²) in [5.41, 5.74) is 5.15. The van der Waals surface area contributed by atoms with Crippen LogP contribution in [0.2, 0.25) is 0 Å². The van der Waals surface area contributed by atoms with E-state index in [0.717, 1.165) is 24.0 Å². The second-order valence-electron chi connectivity index (χ2n) is 7.94. The van der Waals surface area contributed by atoms with Crippen molar-refractivity contribution < 1.29 is 0 Å². The van der Waals surface area contributed by atoms with Crippen LogP contribution in [0.15, 0.2) is 48.7 Å². The SMILES string of the molecule is CCC(C)c1ccc(CN2CCCC(Nc3ccc4[nH]ncc4c3)C2)cc1. The molecule has 2 atom stereocenters. The predicted octanol–water partition coefficient (Wildman–Crippen LogP) is 5.15. The minimum atomic E-state index is 0.502. The highest BCUT2D eigenvalue weighted by Gasteiger charge is 2.20. The summed E-state index contributed by atoms with van der Waals surface area (Å²) in [6, 6.07) is 16.2. The van der Waals surface area contributed by atoms with Gasteiger partial charge in [-0.05, 0) is 61.1 Å². The van der Waals surface area contributed by atoms with Crippen LogP contribution in [0.5, 0.6) is 0 Å². The van der Waals surface area contributed by atoms with Crippen molar-refractivity contribution in [1.82, 2.24) is 15.1 Å². The number of hydrogen-bond donors (Lipinski definition) is 2. The van der Waals surface area contributed by atoms with E-state index in [9.17, 15) is 0 Å². The van der Waals surface area contributed by atoms with E-state index in [0.29, 0.717) is 12.0 Å². The summed E-state index contributed by atoms with van der Waals surface area (Å²) in [6.45, 7) is 7.88. The van der Waals surface area contributed by atoms with Crippen molar-refractivity contribution in [2.75, 3.05) is 18.4 Å². The number of nitrogens with zero attached hydrogens (tertiary/aromatic N) is 2. The molecule has 0 aliphatic carbocycles. The third-order valence-electron chi connectivity index (χ3n) is 5.88. The number of piperidine rings is 1. The van der Waals surface area contributed by atoms with Crippen molar-refractivity contribution in [3.63, 3.8) is 0 Å². The van der Waals surface area contributed by atoms with Gasteiger partial charge in [-0.25, -0.2) is 0 Å². The molecule has 2 N–H and O–H groups in total. The number of benzene rings is 2. The average molecular weight is 363 g/mol. The van der Waals surface area contributed by atoms with Crippen molar-refractivity contribution in [2.24, 2.45) is 0 Å². The molecule has 1 fully saturated rings. The molecule has 4 heteroatoms. The first-order chi connectivity index (χ1) is 13.2. The van der Waals surface area contributed by atoms with Crippen LogP contribution in [-0.4, -0.2) is 34.2 Å². The van der Waals surface area contributed by atoms with Crippen LogP contribution in [0.25, 0.3) is 10.9 Å². The van der Waals surface area contributed by atoms with Crippen LogP contribution >= 0.6 is 0 Å². The number of likely N-dealkylation sites (tertiary alicyclic amines) is 1. The Morgan fingerprint density at radius 1 is 1.22 bits per heavy atom. The van der Waals surface area contributed by atoms with Gasteiger partial charge in [-0.15, -0.1) is 0 Å². The molecule has 0 radical (unpaired) electrons. The smallest absolute Gasteiger partial charge is 0.0651 e. The van der Waals surface area contributed by atoms with Gasteiger partial charge in [0, 0.05) is 30.2 Å². The zero-order valence-electron chi connectivity index (χ0n) is 16.4. The lowest BCUT2D eigenvalue weighted by Gasteiger charge is -2.33. The Hall–Kier alpha value is -2.33. The van der Waals surface area contributed by atoms with Crippen LogP contribution in [0, 0.1) is 0 Å². The second kappa shape index (κ2) is 8.13. The molecule has 27 heavy (non-hydrogen) atoms. The molecule has 2 heterocycles. The average Bonchev–Trinajstić information content (AvgIpc) is 3.16. The Kier molecular flexibility index (Phi) is 5.44. The summed E-state index contributed by atoms with van der Waals surface area (Å²) in [5, 5.41) is 12.0. The van der Waals surface area contributed by atoms with E-state index < -0.39 is 0 Å². The molecule has 2 unspecified atom stereocenters. The van der Waals surface area contributed by atoms with E-state index >= 15 is 0 Å². The monoisotopic (exact) mass is 362 g/mol. The third kappa shape index (κ3) is 4.33. The first kappa shape index (κ1) is 18.1. The van der Waals surface area contributed by atoms with Gasteiger partial charge in [0.15, 0.2) is 0 Å². The molecule has 0 bridgehead atoms. The van der Waals surface area contributed by atoms with E-state index in [2.05, 4.69) is 76.7 Å². The molecule has 4 rings (SSSR count). The lowest BCUT2D eigenvalue weighted by Crippen LogP contribution is -2.41. The minimum Gasteiger partial charge on any atom is -0.381 e. The number of anilines is 1. The quantitative estimate of drug-likeness (QED) is 0.637. The molecule has 1 aromatic heterocycles. The molecule has 1 saturated heterocycles. The van der Waals surface area contributed by atoms with Crippen LogP contribution in [0.1, 0.15) is 50.2 Å². The summed E-state index contributed by atoms with van der Waals surface area (Å²) < 4.78 is 0. The van der Waals surface area contributed by atoms with Crippen molar-refractivity contribution in [3.8, 4) is 0 Å². The van der Waals surface area contributed by atoms with Crippen molar-refractivity contribution in [3.05, 3.63) is 59.8 Å². The number of H-pyrrole nitrogens is 1. The molecular weight excluding hydrogens is 332 g/mol. The molecule has 0 spiro atoms. The van der Waals surface area contributed by atoms with Crippen LogP contribution < -0.4 is 5.32 Å². The summed E-state index contributed by atoms with van der Waals surface area (Å²) in [6.07, 6.45) is 5.56. The molecule has 3 aromatic rings. The topological polar surface area (TPSA) is 44.0 Å². The van der Waals surface area contributed by atoms with Crippen molar-refractivity contribution in [2.45, 2.75) is 51.6 Å². The molecule has 1 aliphatic heterocycles. The maximum atomic E-state index is 4.11. The Labute approximate surface area is 162 Å². The fraction of sp³-hybridized carbons (Fsp3) is 0.435. The fourth-order valence-corrected chi connectivity index (χ4v) is 4.03. The van der Waals surface area contributed by atoms with Crippen LogP contribution in [0.3, 0.4) is 0 Å². The van der Waals surface area contributed by atoms with Gasteiger partial charge in [-0.1, -0.05) is 38.1 Å². The van der Waals surface area contributed by atoms with E-state index in [1.165, 1.54) is 42.6 Å².